The second-order valence-electron chi connectivity index (χ2n) is 21.6. The molecule has 3 saturated carbocycles. The molecular weight excluding hydrogens is 755 g/mol. The Morgan fingerprint density at radius 1 is 0.754 bits per heavy atom. The molecule has 0 aromatic carbocycles. The van der Waals surface area contributed by atoms with Gasteiger partial charge in [-0.3, -0.25) is 4.79 Å². The Morgan fingerprint density at radius 3 is 2.10 bits per heavy atom. The van der Waals surface area contributed by atoms with Crippen LogP contribution >= 0.6 is 0 Å². The van der Waals surface area contributed by atoms with Crippen molar-refractivity contribution in [3.63, 3.8) is 0 Å². The first-order chi connectivity index (χ1) is 29.5. The molecule has 8 nitrogen and oxygen atoms in total. The molecule has 4 aliphatic carbocycles. The van der Waals surface area contributed by atoms with E-state index in [1.54, 1.807) is 5.57 Å². The predicted octanol–water partition coefficient (Wildman–Crippen LogP) is 12.1. The maximum Gasteiger partial charge on any atom is 0.410 e. The molecule has 4 aliphatic rings. The Balaban J connectivity index is 1.22. The van der Waals surface area contributed by atoms with Gasteiger partial charge in [-0.05, 0) is 143 Å². The van der Waals surface area contributed by atoms with Crippen LogP contribution in [-0.4, -0.2) is 68.3 Å². The Kier molecular flexibility index (Phi) is 23.6. The summed E-state index contributed by atoms with van der Waals surface area (Å²) < 4.78 is 6.36. The van der Waals surface area contributed by atoms with Crippen molar-refractivity contribution >= 4 is 12.0 Å². The standard InChI is InChI=1S/C53H99N5O3/c1-7-8-9-10-11-12-13-14-15-16-17-18-36-57-50(59)49(56-37-21-34-54)25-20-38-58(39-22-35-55)51(60)61-44-30-32-52(5)43(40-44)26-27-45-47-29-28-46(42(4)24-19-23-41(2)3)53(47,6)33-31-48(45)52/h26,41-42,44-49,56H,7-25,27-40,54-55H2,1-6H3,(H,57,59)/t42-,44?,45?,46-,47?,48?,49?,52+,53-/m1/s1. The lowest BCUT2D eigenvalue weighted by Crippen LogP contribution is -2.51. The van der Waals surface area contributed by atoms with E-state index in [4.69, 9.17) is 16.2 Å². The van der Waals surface area contributed by atoms with E-state index < -0.39 is 0 Å². The first-order valence-corrected chi connectivity index (χ1v) is 26.5. The van der Waals surface area contributed by atoms with Gasteiger partial charge in [-0.15, -0.1) is 0 Å². The summed E-state index contributed by atoms with van der Waals surface area (Å²) >= 11 is 0. The zero-order chi connectivity index (χ0) is 44.1. The van der Waals surface area contributed by atoms with Crippen molar-refractivity contribution in [3.05, 3.63) is 11.6 Å². The van der Waals surface area contributed by atoms with Gasteiger partial charge in [0.1, 0.15) is 6.10 Å². The van der Waals surface area contributed by atoms with E-state index in [9.17, 15) is 9.59 Å². The summed E-state index contributed by atoms with van der Waals surface area (Å²) in [7, 11) is 0. The van der Waals surface area contributed by atoms with Crippen molar-refractivity contribution in [2.24, 2.45) is 57.8 Å². The number of hydrogen-bond acceptors (Lipinski definition) is 6. The number of hydrogen-bond donors (Lipinski definition) is 4. The topological polar surface area (TPSA) is 123 Å². The summed E-state index contributed by atoms with van der Waals surface area (Å²) in [6.07, 6.45) is 34.8. The average molecular weight is 854 g/mol. The third-order valence-electron chi connectivity index (χ3n) is 16.8. The van der Waals surface area contributed by atoms with Gasteiger partial charge in [0.2, 0.25) is 5.91 Å². The summed E-state index contributed by atoms with van der Waals surface area (Å²) in [6.45, 7) is 18.5. The fourth-order valence-electron chi connectivity index (χ4n) is 13.0. The normalized spacial score (nSPS) is 28.1. The van der Waals surface area contributed by atoms with Crippen molar-refractivity contribution in [2.75, 3.05) is 39.3 Å². The van der Waals surface area contributed by atoms with E-state index in [1.165, 1.54) is 116 Å². The molecule has 0 radical (unpaired) electrons. The number of carbonyl (C=O) groups is 2. The first-order valence-electron chi connectivity index (χ1n) is 26.5. The van der Waals surface area contributed by atoms with Crippen molar-refractivity contribution in [1.29, 1.82) is 0 Å². The third-order valence-corrected chi connectivity index (χ3v) is 16.8. The van der Waals surface area contributed by atoms with Crippen molar-refractivity contribution in [2.45, 2.75) is 227 Å². The summed E-state index contributed by atoms with van der Waals surface area (Å²) in [5.41, 5.74) is 14.0. The number of nitrogens with zero attached hydrogens (tertiary/aromatic N) is 1. The molecule has 0 bridgehead atoms. The van der Waals surface area contributed by atoms with Crippen LogP contribution in [0.25, 0.3) is 0 Å². The Morgan fingerprint density at radius 2 is 1.43 bits per heavy atom. The van der Waals surface area contributed by atoms with Gasteiger partial charge in [-0.2, -0.15) is 0 Å². The van der Waals surface area contributed by atoms with E-state index in [0.29, 0.717) is 44.6 Å². The molecule has 354 valence electrons. The fraction of sp³-hybridized carbons (Fsp3) is 0.925. The fourth-order valence-corrected chi connectivity index (χ4v) is 13.0. The number of amides is 2. The highest BCUT2D eigenvalue weighted by atomic mass is 16.6. The van der Waals surface area contributed by atoms with Gasteiger partial charge in [0, 0.05) is 26.1 Å². The third kappa shape index (κ3) is 15.8. The molecule has 61 heavy (non-hydrogen) atoms. The zero-order valence-electron chi connectivity index (χ0n) is 40.9. The number of carbonyl (C=O) groups excluding carboxylic acids is 2. The maximum absolute atomic E-state index is 13.8. The van der Waals surface area contributed by atoms with Crippen molar-refractivity contribution < 1.29 is 14.3 Å². The minimum atomic E-state index is -0.291. The highest BCUT2D eigenvalue weighted by molar-refractivity contribution is 5.81. The van der Waals surface area contributed by atoms with E-state index in [-0.39, 0.29) is 29.6 Å². The summed E-state index contributed by atoms with van der Waals surface area (Å²) in [6, 6.07) is -0.291. The molecule has 0 aromatic rings. The highest BCUT2D eigenvalue weighted by Crippen LogP contribution is 2.67. The quantitative estimate of drug-likeness (QED) is 0.0407. The maximum atomic E-state index is 13.8. The smallest absolute Gasteiger partial charge is 0.410 e. The van der Waals surface area contributed by atoms with Gasteiger partial charge in [0.15, 0.2) is 0 Å². The number of allylic oxidation sites excluding steroid dienone is 1. The number of unbranched alkanes of at least 4 members (excludes halogenated alkanes) is 11. The second-order valence-corrected chi connectivity index (χ2v) is 21.6. The summed E-state index contributed by atoms with van der Waals surface area (Å²) in [5.74, 6) is 5.00. The zero-order valence-corrected chi connectivity index (χ0v) is 40.9. The lowest BCUT2D eigenvalue weighted by atomic mass is 9.47. The predicted molar refractivity (Wildman–Crippen MR) is 257 cm³/mol. The molecule has 6 N–H and O–H groups in total. The first kappa shape index (κ1) is 52.0. The second kappa shape index (κ2) is 27.6. The van der Waals surface area contributed by atoms with Crippen molar-refractivity contribution in [1.82, 2.24) is 15.5 Å². The van der Waals surface area contributed by atoms with Gasteiger partial charge in [-0.25, -0.2) is 4.79 Å². The number of rotatable bonds is 31. The molecule has 4 rings (SSSR count). The molecule has 8 heteroatoms. The molecule has 0 aliphatic heterocycles. The molecule has 0 spiro atoms. The largest absolute Gasteiger partial charge is 0.446 e. The van der Waals surface area contributed by atoms with Crippen LogP contribution in [0.2, 0.25) is 0 Å². The molecule has 2 amide bonds. The van der Waals surface area contributed by atoms with E-state index in [1.807, 2.05) is 4.90 Å². The van der Waals surface area contributed by atoms with Gasteiger partial charge >= 0.3 is 6.09 Å². The van der Waals surface area contributed by atoms with Crippen molar-refractivity contribution in [3.8, 4) is 0 Å². The van der Waals surface area contributed by atoms with Crippen LogP contribution in [0, 0.1) is 46.3 Å². The molecule has 0 aromatic heterocycles. The molecule has 0 heterocycles. The average Bonchev–Trinajstić information content (AvgIpc) is 3.60. The van der Waals surface area contributed by atoms with Crippen LogP contribution in [0.4, 0.5) is 4.79 Å². The Labute approximate surface area is 376 Å². The Hall–Kier alpha value is -1.64. The number of fused-ring (bicyclic) bond motifs is 5. The number of ether oxygens (including phenoxy) is 1. The monoisotopic (exact) mass is 854 g/mol. The minimum Gasteiger partial charge on any atom is -0.446 e. The van der Waals surface area contributed by atoms with Crippen LogP contribution in [0.5, 0.6) is 0 Å². The number of nitrogens with two attached hydrogens (primary N) is 2. The van der Waals surface area contributed by atoms with E-state index in [0.717, 1.165) is 93.4 Å². The van der Waals surface area contributed by atoms with Crippen LogP contribution in [-0.2, 0) is 9.53 Å². The van der Waals surface area contributed by atoms with Gasteiger partial charge in [-0.1, -0.05) is 143 Å². The summed E-state index contributed by atoms with van der Waals surface area (Å²) in [4.78, 5) is 29.0. The molecule has 9 atom stereocenters. The van der Waals surface area contributed by atoms with Gasteiger partial charge in [0.05, 0.1) is 6.04 Å². The SMILES string of the molecule is CCCCCCCCCCCCCCNC(=O)C(CCCN(CCCN)C(=O)OC1CC[C@@]2(C)C(=CCC3C2CC[C@@]2(C)C3CC[C@@H]2[C@H](C)CCCC(C)C)C1)NCCCN. The van der Waals surface area contributed by atoms with Gasteiger partial charge in [0.25, 0.3) is 0 Å². The molecular formula is C53H99N5O3. The number of nitrogens with one attached hydrogen (secondary N) is 2. The summed E-state index contributed by atoms with van der Waals surface area (Å²) in [5, 5.41) is 6.66. The minimum absolute atomic E-state index is 0.0615. The van der Waals surface area contributed by atoms with Crippen LogP contribution in [0.3, 0.4) is 0 Å². The molecule has 0 saturated heterocycles. The highest BCUT2D eigenvalue weighted by Gasteiger charge is 2.59. The van der Waals surface area contributed by atoms with Gasteiger partial charge < -0.3 is 31.7 Å². The Bertz CT molecular complexity index is 1270. The molecule has 5 unspecified atom stereocenters. The molecule has 3 fully saturated rings. The van der Waals surface area contributed by atoms with E-state index >= 15 is 0 Å². The van der Waals surface area contributed by atoms with Crippen LogP contribution in [0.1, 0.15) is 215 Å². The lowest BCUT2D eigenvalue weighted by molar-refractivity contribution is -0.123. The van der Waals surface area contributed by atoms with E-state index in [2.05, 4.69) is 58.3 Å². The van der Waals surface area contributed by atoms with Crippen LogP contribution in [0.15, 0.2) is 11.6 Å². The lowest BCUT2D eigenvalue weighted by Gasteiger charge is -2.58. The van der Waals surface area contributed by atoms with Crippen LogP contribution < -0.4 is 22.1 Å².